The van der Waals surface area contributed by atoms with E-state index in [1.54, 1.807) is 0 Å². The molecule has 0 radical (unpaired) electrons. The molecule has 4 nitrogen and oxygen atoms in total. The fourth-order valence-electron chi connectivity index (χ4n) is 16.0. The quantitative estimate of drug-likeness (QED) is 0.141. The number of anilines is 10. The molecule has 9 aromatic carbocycles. The van der Waals surface area contributed by atoms with Gasteiger partial charge in [-0.3, -0.25) is 0 Å². The van der Waals surface area contributed by atoms with E-state index < -0.39 is 0 Å². The second-order valence-corrected chi connectivity index (χ2v) is 36.8. The van der Waals surface area contributed by atoms with Crippen LogP contribution in [0.25, 0.3) is 0 Å². The molecule has 0 saturated heterocycles. The summed E-state index contributed by atoms with van der Waals surface area (Å²) in [5.74, 6) is 0.141. The Hall–Kier alpha value is -9.58. The van der Waals surface area contributed by atoms with Gasteiger partial charge in [0.2, 0.25) is 0 Å². The topological polar surface area (TPSA) is 13.0 Å². The summed E-state index contributed by atoms with van der Waals surface area (Å²) < 4.78 is 0. The van der Waals surface area contributed by atoms with Crippen LogP contribution < -0.4 is 36.0 Å². The van der Waals surface area contributed by atoms with Gasteiger partial charge in [-0.05, 0) is 225 Å². The van der Waals surface area contributed by atoms with Crippen molar-refractivity contribution in [2.24, 2.45) is 5.92 Å². The fourth-order valence-corrected chi connectivity index (χ4v) is 16.0. The largest absolute Gasteiger partial charge is 0.311 e. The van der Waals surface area contributed by atoms with E-state index in [-0.39, 0.29) is 50.5 Å². The van der Waals surface area contributed by atoms with E-state index in [1.807, 2.05) is 0 Å². The summed E-state index contributed by atoms with van der Waals surface area (Å²) in [6, 6.07) is 78.4. The maximum Gasteiger partial charge on any atom is 0.252 e. The third kappa shape index (κ3) is 13.3. The van der Waals surface area contributed by atoms with Gasteiger partial charge in [-0.25, -0.2) is 0 Å². The van der Waals surface area contributed by atoms with Gasteiger partial charge in [-0.2, -0.15) is 0 Å². The molecule has 0 bridgehead atoms. The zero-order valence-electron chi connectivity index (χ0n) is 65.3. The Morgan fingerprint density at radius 2 is 0.699 bits per heavy atom. The van der Waals surface area contributed by atoms with E-state index in [1.165, 1.54) is 151 Å². The first-order valence-electron chi connectivity index (χ1n) is 37.7. The lowest BCUT2D eigenvalue weighted by molar-refractivity contribution is 0.590. The predicted octanol–water partition coefficient (Wildman–Crippen LogP) is 25.0. The normalized spacial score (nSPS) is 16.2. The van der Waals surface area contributed by atoms with E-state index in [0.717, 1.165) is 6.42 Å². The van der Waals surface area contributed by atoms with Gasteiger partial charge in [-0.15, -0.1) is 0 Å². The first-order chi connectivity index (χ1) is 48.5. The van der Waals surface area contributed by atoms with E-state index in [0.29, 0.717) is 0 Å². The lowest BCUT2D eigenvalue weighted by Gasteiger charge is -2.44. The zero-order chi connectivity index (χ0) is 73.3. The summed E-state index contributed by atoms with van der Waals surface area (Å²) in [5.41, 5.74) is 35.5. The Morgan fingerprint density at radius 1 is 0.330 bits per heavy atom. The Labute approximate surface area is 618 Å². The highest BCUT2D eigenvalue weighted by atomic mass is 15.2. The van der Waals surface area contributed by atoms with Crippen molar-refractivity contribution in [2.75, 3.05) is 19.6 Å². The molecule has 0 saturated carbocycles. The minimum atomic E-state index is 0.0365. The summed E-state index contributed by atoms with van der Waals surface area (Å²) in [6.45, 7) is 48.4. The van der Waals surface area contributed by atoms with Crippen LogP contribution in [0, 0.1) is 5.92 Å². The van der Waals surface area contributed by atoms with Gasteiger partial charge in [0.25, 0.3) is 6.71 Å². The average Bonchev–Trinajstić information content (AvgIpc) is 0.702. The molecule has 0 fully saturated rings. The molecule has 4 aliphatic carbocycles. The predicted molar refractivity (Wildman–Crippen MR) is 446 cm³/mol. The molecular formula is C98H107BN4. The Balaban J connectivity index is 0.000000180. The Bertz CT molecular complexity index is 4860. The maximum atomic E-state index is 2.51. The van der Waals surface area contributed by atoms with E-state index in [9.17, 15) is 0 Å². The van der Waals surface area contributed by atoms with Crippen molar-refractivity contribution >= 4 is 80.0 Å². The average molecular weight is 1350 g/mol. The molecule has 5 heteroatoms. The SMILES string of the molecule is CC(C)(C)c1ccc(N(C2=CC=C3C=CC4=C5C(=CC=C2C35)CC=C4N(c2ccc(C(C)(C)C)cc2)c2ccc(C(C)(C)C)cc2)c2ccc(C(C)(C)C)cc2)cc1.CC(C)(C)c1ccc(N2c3ccc(C(C)(C)C)cc3B3c4cc(C(C)(C)C)ccc4N(c4ccccc4)c4cccc2c43)cc1. The zero-order valence-corrected chi connectivity index (χ0v) is 65.3. The van der Waals surface area contributed by atoms with Gasteiger partial charge in [0.15, 0.2) is 0 Å². The molecule has 1 atom stereocenters. The third-order valence-electron chi connectivity index (χ3n) is 22.2. The number of benzene rings is 9. The molecule has 0 aromatic heterocycles. The van der Waals surface area contributed by atoms with Crippen molar-refractivity contribution in [1.29, 1.82) is 0 Å². The second-order valence-electron chi connectivity index (χ2n) is 36.8. The smallest absolute Gasteiger partial charge is 0.252 e. The van der Waals surface area contributed by atoms with Gasteiger partial charge in [0, 0.05) is 68.4 Å². The van der Waals surface area contributed by atoms with Crippen LogP contribution >= 0.6 is 0 Å². The van der Waals surface area contributed by atoms with Crippen molar-refractivity contribution < 1.29 is 0 Å². The number of para-hydroxylation sites is 1. The summed E-state index contributed by atoms with van der Waals surface area (Å²) >= 11 is 0. The van der Waals surface area contributed by atoms with Gasteiger partial charge in [0.1, 0.15) is 0 Å². The molecule has 9 aromatic rings. The van der Waals surface area contributed by atoms with Crippen LogP contribution in [0.15, 0.2) is 288 Å². The lowest BCUT2D eigenvalue weighted by Crippen LogP contribution is -2.61. The summed E-state index contributed by atoms with van der Waals surface area (Å²) in [6.07, 6.45) is 17.6. The van der Waals surface area contributed by atoms with E-state index in [2.05, 4.69) is 414 Å². The molecule has 6 aliphatic rings. The van der Waals surface area contributed by atoms with Crippen LogP contribution in [0.2, 0.25) is 0 Å². The molecule has 522 valence electrons. The fraction of sp³-hybridized carbons (Fsp3) is 0.306. The van der Waals surface area contributed by atoms with Gasteiger partial charge in [-0.1, -0.05) is 291 Å². The molecular weight excluding hydrogens is 1240 g/mol. The summed E-state index contributed by atoms with van der Waals surface area (Å²) in [7, 11) is 0. The van der Waals surface area contributed by atoms with Crippen molar-refractivity contribution in [3.05, 3.63) is 327 Å². The van der Waals surface area contributed by atoms with Crippen LogP contribution in [-0.2, 0) is 37.9 Å². The van der Waals surface area contributed by atoms with Gasteiger partial charge in [0.05, 0.1) is 11.4 Å². The second kappa shape index (κ2) is 25.7. The molecule has 0 N–H and O–H groups in total. The van der Waals surface area contributed by atoms with Gasteiger partial charge >= 0.3 is 0 Å². The highest BCUT2D eigenvalue weighted by Gasteiger charge is 2.45. The lowest BCUT2D eigenvalue weighted by atomic mass is 9.33. The third-order valence-corrected chi connectivity index (χ3v) is 22.2. The Morgan fingerprint density at radius 3 is 1.10 bits per heavy atom. The van der Waals surface area contributed by atoms with E-state index >= 15 is 0 Å². The van der Waals surface area contributed by atoms with E-state index in [4.69, 9.17) is 0 Å². The number of allylic oxidation sites excluding steroid dienone is 11. The standard InChI is InChI=1S/C56H62N2.C42H45BN2/c1-53(2,3)39-17-25-43(26-18-39)57(44-27-19-40(20-28-44)54(4,5)6)49-35-15-37-14-34-48-50(36-16-38-13-33-47(49)51(37)52(38)48)58(45-29-21-41(22-30-45)55(7,8)9)46-31-23-42(24-32-46)56(10,11)12;1-40(2,3)28-18-22-32(23-19-28)45-36-25-21-30(42(7,8)9)27-34(36)43-33-26-29(41(4,5)6)20-24-35(33)44(31-14-11-10-12-15-31)37-16-13-17-38(45)39(37)43/h13-15,17-36,51H,16H2,1-12H3;10-27H,1-9H3. The first kappa shape index (κ1) is 70.5. The highest BCUT2D eigenvalue weighted by Crippen LogP contribution is 2.54. The highest BCUT2D eigenvalue weighted by molar-refractivity contribution is 7.00. The molecule has 0 amide bonds. The minimum absolute atomic E-state index is 0.0365. The summed E-state index contributed by atoms with van der Waals surface area (Å²) in [4.78, 5) is 9.96. The first-order valence-corrected chi connectivity index (χ1v) is 37.7. The van der Waals surface area contributed by atoms with Crippen LogP contribution in [0.1, 0.15) is 191 Å². The van der Waals surface area contributed by atoms with Crippen molar-refractivity contribution in [1.82, 2.24) is 0 Å². The molecule has 0 spiro atoms. The number of nitrogens with zero attached hydrogens (tertiary/aromatic N) is 4. The minimum Gasteiger partial charge on any atom is -0.311 e. The Kier molecular flexibility index (Phi) is 17.6. The van der Waals surface area contributed by atoms with Crippen LogP contribution in [0.4, 0.5) is 56.9 Å². The van der Waals surface area contributed by atoms with Crippen molar-refractivity contribution in [2.45, 2.75) is 190 Å². The number of hydrogen-bond acceptors (Lipinski definition) is 4. The van der Waals surface area contributed by atoms with Crippen LogP contribution in [0.5, 0.6) is 0 Å². The van der Waals surface area contributed by atoms with Crippen LogP contribution in [-0.4, -0.2) is 6.71 Å². The van der Waals surface area contributed by atoms with Gasteiger partial charge < -0.3 is 19.6 Å². The van der Waals surface area contributed by atoms with Crippen LogP contribution in [0.3, 0.4) is 0 Å². The molecule has 103 heavy (non-hydrogen) atoms. The number of fused-ring (bicyclic) bond motifs is 4. The number of hydrogen-bond donors (Lipinski definition) is 0. The molecule has 2 heterocycles. The molecule has 1 unspecified atom stereocenters. The monoisotopic (exact) mass is 1350 g/mol. The van der Waals surface area contributed by atoms with Crippen molar-refractivity contribution in [3.8, 4) is 0 Å². The van der Waals surface area contributed by atoms with Crippen molar-refractivity contribution in [3.63, 3.8) is 0 Å². The maximum absolute atomic E-state index is 2.51. The molecule has 15 rings (SSSR count). The number of rotatable bonds is 8. The summed E-state index contributed by atoms with van der Waals surface area (Å²) in [5, 5.41) is 0. The molecule has 2 aliphatic heterocycles.